The van der Waals surface area contributed by atoms with E-state index in [2.05, 4.69) is 5.32 Å². The molecule has 5 heteroatoms. The fraction of sp³-hybridized carbons (Fsp3) is 0.385. The van der Waals surface area contributed by atoms with E-state index in [-0.39, 0.29) is 17.7 Å². The zero-order valence-corrected chi connectivity index (χ0v) is 11.6. The van der Waals surface area contributed by atoms with Gasteiger partial charge in [-0.2, -0.15) is 5.26 Å². The highest BCUT2D eigenvalue weighted by Crippen LogP contribution is 2.16. The van der Waals surface area contributed by atoms with Crippen LogP contribution in [0.4, 0.5) is 0 Å². The summed E-state index contributed by atoms with van der Waals surface area (Å²) < 4.78 is 0. The molecule has 0 saturated carbocycles. The maximum Gasteiger partial charge on any atom is 0.251 e. The molecule has 0 spiro atoms. The Bertz CT molecular complexity index is 456. The van der Waals surface area contributed by atoms with Crippen molar-refractivity contribution in [3.8, 4) is 6.07 Å². The summed E-state index contributed by atoms with van der Waals surface area (Å²) in [6, 6.07) is 8.50. The lowest BCUT2D eigenvalue weighted by molar-refractivity contribution is 0.0913. The Hall–Kier alpha value is -1.24. The van der Waals surface area contributed by atoms with E-state index in [0.29, 0.717) is 17.5 Å². The van der Waals surface area contributed by atoms with E-state index in [4.69, 9.17) is 28.5 Å². The molecule has 0 aliphatic rings. The highest BCUT2D eigenvalue weighted by atomic mass is 35.5. The van der Waals surface area contributed by atoms with Gasteiger partial charge in [0.15, 0.2) is 0 Å². The summed E-state index contributed by atoms with van der Waals surface area (Å²) in [4.78, 5) is 12.1. The lowest BCUT2D eigenvalue weighted by Gasteiger charge is -2.29. The number of hydrogen-bond donors (Lipinski definition) is 1. The first-order valence-corrected chi connectivity index (χ1v) is 6.62. The standard InChI is InChI=1S/C13H14Cl2N2O/c1-2-13(8-14,9-15)17-12(18)11-5-3-4-10(6-11)7-16/h3-6H,2,8-9H2,1H3,(H,17,18). The molecule has 0 unspecified atom stereocenters. The van der Waals surface area contributed by atoms with Crippen molar-refractivity contribution in [3.63, 3.8) is 0 Å². The maximum atomic E-state index is 12.1. The van der Waals surface area contributed by atoms with Gasteiger partial charge in [0.05, 0.1) is 17.2 Å². The molecule has 1 rings (SSSR count). The summed E-state index contributed by atoms with van der Waals surface area (Å²) in [5, 5.41) is 11.6. The molecule has 0 bridgehead atoms. The highest BCUT2D eigenvalue weighted by molar-refractivity contribution is 6.22. The van der Waals surface area contributed by atoms with Crippen molar-refractivity contribution in [2.24, 2.45) is 0 Å². The molecule has 0 saturated heterocycles. The van der Waals surface area contributed by atoms with Crippen molar-refractivity contribution in [3.05, 3.63) is 35.4 Å². The van der Waals surface area contributed by atoms with Gasteiger partial charge in [0.25, 0.3) is 5.91 Å². The second-order valence-corrected chi connectivity index (χ2v) is 4.58. The van der Waals surface area contributed by atoms with E-state index in [1.807, 2.05) is 13.0 Å². The van der Waals surface area contributed by atoms with E-state index in [1.54, 1.807) is 18.2 Å². The summed E-state index contributed by atoms with van der Waals surface area (Å²) in [7, 11) is 0. The van der Waals surface area contributed by atoms with Gasteiger partial charge >= 0.3 is 0 Å². The van der Waals surface area contributed by atoms with Crippen LogP contribution >= 0.6 is 23.2 Å². The number of nitrogens with zero attached hydrogens (tertiary/aromatic N) is 1. The number of rotatable bonds is 5. The van der Waals surface area contributed by atoms with E-state index >= 15 is 0 Å². The summed E-state index contributed by atoms with van der Waals surface area (Å²) in [6.45, 7) is 1.91. The number of nitrogens with one attached hydrogen (secondary N) is 1. The van der Waals surface area contributed by atoms with Crippen molar-refractivity contribution in [2.75, 3.05) is 11.8 Å². The average molecular weight is 285 g/mol. The molecule has 0 heterocycles. The summed E-state index contributed by atoms with van der Waals surface area (Å²) in [6.07, 6.45) is 0.643. The van der Waals surface area contributed by atoms with E-state index in [0.717, 1.165) is 0 Å². The number of benzene rings is 1. The van der Waals surface area contributed by atoms with Crippen LogP contribution in [0, 0.1) is 11.3 Å². The number of nitriles is 1. The largest absolute Gasteiger partial charge is 0.344 e. The molecule has 1 amide bonds. The van der Waals surface area contributed by atoms with Crippen LogP contribution in [0.2, 0.25) is 0 Å². The second kappa shape index (κ2) is 6.63. The van der Waals surface area contributed by atoms with Crippen LogP contribution in [-0.4, -0.2) is 23.2 Å². The third-order valence-electron chi connectivity index (χ3n) is 2.82. The molecule has 1 N–H and O–H groups in total. The van der Waals surface area contributed by atoms with Crippen molar-refractivity contribution < 1.29 is 4.79 Å². The van der Waals surface area contributed by atoms with Gasteiger partial charge in [-0.05, 0) is 24.6 Å². The van der Waals surface area contributed by atoms with Crippen LogP contribution in [0.3, 0.4) is 0 Å². The Kier molecular flexibility index (Phi) is 5.46. The molecule has 0 fully saturated rings. The normalized spacial score (nSPS) is 10.8. The molecular formula is C13H14Cl2N2O. The number of carbonyl (C=O) groups is 1. The first-order valence-electron chi connectivity index (χ1n) is 5.55. The maximum absolute atomic E-state index is 12.1. The van der Waals surface area contributed by atoms with Crippen molar-refractivity contribution in [2.45, 2.75) is 18.9 Å². The van der Waals surface area contributed by atoms with Gasteiger partial charge in [-0.3, -0.25) is 4.79 Å². The Labute approximate surface area is 117 Å². The third-order valence-corrected chi connectivity index (χ3v) is 3.84. The minimum absolute atomic E-state index is 0.247. The smallest absolute Gasteiger partial charge is 0.251 e. The van der Waals surface area contributed by atoms with Crippen molar-refractivity contribution in [1.82, 2.24) is 5.32 Å². The van der Waals surface area contributed by atoms with Gasteiger partial charge in [0.1, 0.15) is 0 Å². The monoisotopic (exact) mass is 284 g/mol. The zero-order chi connectivity index (χ0) is 13.6. The fourth-order valence-corrected chi connectivity index (χ4v) is 2.22. The van der Waals surface area contributed by atoms with Crippen LogP contribution in [0.5, 0.6) is 0 Å². The van der Waals surface area contributed by atoms with Crippen LogP contribution in [0.1, 0.15) is 29.3 Å². The van der Waals surface area contributed by atoms with Gasteiger partial charge < -0.3 is 5.32 Å². The minimum atomic E-state index is -0.608. The van der Waals surface area contributed by atoms with Crippen molar-refractivity contribution >= 4 is 29.1 Å². The Balaban J connectivity index is 2.91. The molecule has 18 heavy (non-hydrogen) atoms. The van der Waals surface area contributed by atoms with Crippen LogP contribution in [-0.2, 0) is 0 Å². The van der Waals surface area contributed by atoms with E-state index in [9.17, 15) is 4.79 Å². The molecule has 96 valence electrons. The molecule has 0 aliphatic carbocycles. The van der Waals surface area contributed by atoms with E-state index < -0.39 is 5.54 Å². The molecule has 0 atom stereocenters. The van der Waals surface area contributed by atoms with Crippen LogP contribution in [0.15, 0.2) is 24.3 Å². The predicted molar refractivity (Wildman–Crippen MR) is 73.1 cm³/mol. The van der Waals surface area contributed by atoms with Gasteiger partial charge in [-0.15, -0.1) is 23.2 Å². The highest BCUT2D eigenvalue weighted by Gasteiger charge is 2.28. The predicted octanol–water partition coefficient (Wildman–Crippen LogP) is 2.91. The minimum Gasteiger partial charge on any atom is -0.344 e. The third kappa shape index (κ3) is 3.38. The number of amides is 1. The molecule has 1 aromatic carbocycles. The zero-order valence-electron chi connectivity index (χ0n) is 10.0. The number of hydrogen-bond acceptors (Lipinski definition) is 2. The Morgan fingerprint density at radius 3 is 2.61 bits per heavy atom. The molecule has 0 aromatic heterocycles. The Morgan fingerprint density at radius 1 is 1.44 bits per heavy atom. The Morgan fingerprint density at radius 2 is 2.11 bits per heavy atom. The van der Waals surface area contributed by atoms with Crippen molar-refractivity contribution in [1.29, 1.82) is 5.26 Å². The fourth-order valence-electron chi connectivity index (χ4n) is 1.42. The van der Waals surface area contributed by atoms with Crippen LogP contribution in [0.25, 0.3) is 0 Å². The topological polar surface area (TPSA) is 52.9 Å². The molecule has 1 aromatic rings. The molecule has 0 aliphatic heterocycles. The lowest BCUT2D eigenvalue weighted by atomic mass is 10.0. The number of alkyl halides is 2. The number of carbonyl (C=O) groups excluding carboxylic acids is 1. The van der Waals surface area contributed by atoms with Gasteiger partial charge in [-0.25, -0.2) is 0 Å². The SMILES string of the molecule is CCC(CCl)(CCl)NC(=O)c1cccc(C#N)c1. The first kappa shape index (κ1) is 14.8. The molecule has 0 radical (unpaired) electrons. The summed E-state index contributed by atoms with van der Waals surface area (Å²) in [5.74, 6) is 0.225. The average Bonchev–Trinajstić information content (AvgIpc) is 2.44. The lowest BCUT2D eigenvalue weighted by Crippen LogP contribution is -2.51. The second-order valence-electron chi connectivity index (χ2n) is 4.05. The van der Waals surface area contributed by atoms with Gasteiger partial charge in [-0.1, -0.05) is 13.0 Å². The van der Waals surface area contributed by atoms with Crippen LogP contribution < -0.4 is 5.32 Å². The first-order chi connectivity index (χ1) is 8.60. The molecular weight excluding hydrogens is 271 g/mol. The summed E-state index contributed by atoms with van der Waals surface area (Å²) in [5.41, 5.74) is 0.270. The molecule has 3 nitrogen and oxygen atoms in total. The quantitative estimate of drug-likeness (QED) is 0.846. The number of halogens is 2. The summed E-state index contributed by atoms with van der Waals surface area (Å²) >= 11 is 11.7. The van der Waals surface area contributed by atoms with Gasteiger partial charge in [0, 0.05) is 17.3 Å². The van der Waals surface area contributed by atoms with E-state index in [1.165, 1.54) is 6.07 Å². The van der Waals surface area contributed by atoms with Gasteiger partial charge in [0.2, 0.25) is 0 Å².